The number of rotatable bonds is 10. The minimum atomic E-state index is -6.13. The molecule has 0 amide bonds. The molecular formula is C57H33BF24NO2P. The molecule has 8 rings (SSSR count). The Morgan fingerprint density at radius 1 is 0.302 bits per heavy atom. The Kier molecular flexibility index (Phi) is 17.8. The zero-order chi connectivity index (χ0) is 64.0. The van der Waals surface area contributed by atoms with E-state index in [2.05, 4.69) is 72.8 Å². The first-order chi connectivity index (χ1) is 39.5. The molecule has 29 heteroatoms. The van der Waals surface area contributed by atoms with Crippen molar-refractivity contribution in [3.63, 3.8) is 0 Å². The van der Waals surface area contributed by atoms with Crippen LogP contribution in [0.3, 0.4) is 0 Å². The number of benzene rings is 8. The summed E-state index contributed by atoms with van der Waals surface area (Å²) in [6, 6.07) is 29.9. The van der Waals surface area contributed by atoms with Gasteiger partial charge in [-0.25, -0.2) is 0 Å². The summed E-state index contributed by atoms with van der Waals surface area (Å²) in [7, 11) is -2.05. The third-order valence-corrected chi connectivity index (χ3v) is 18.0. The lowest BCUT2D eigenvalue weighted by Gasteiger charge is -2.46. The predicted octanol–water partition coefficient (Wildman–Crippen LogP) is 16.3. The fourth-order valence-corrected chi connectivity index (χ4v) is 14.1. The highest BCUT2D eigenvalue weighted by Crippen LogP contribution is 2.58. The second-order valence-corrected chi connectivity index (χ2v) is 22.6. The lowest BCUT2D eigenvalue weighted by molar-refractivity contribution is -0.384. The molecule has 0 bridgehead atoms. The molecule has 0 aliphatic heterocycles. The molecule has 0 N–H and O–H groups in total. The Balaban J connectivity index is 0.000000302. The van der Waals surface area contributed by atoms with Crippen molar-refractivity contribution in [3.05, 3.63) is 248 Å². The van der Waals surface area contributed by atoms with Gasteiger partial charge in [0.1, 0.15) is 29.3 Å². The molecule has 0 aliphatic carbocycles. The molecular weight excluding hydrogens is 1230 g/mol. The molecule has 86 heavy (non-hydrogen) atoms. The van der Waals surface area contributed by atoms with Crippen molar-refractivity contribution in [2.24, 2.45) is 0 Å². The van der Waals surface area contributed by atoms with Crippen LogP contribution in [0.15, 0.2) is 188 Å². The van der Waals surface area contributed by atoms with Crippen molar-refractivity contribution in [2.45, 2.75) is 55.6 Å². The van der Waals surface area contributed by atoms with Crippen LogP contribution in [0.5, 0.6) is 0 Å². The van der Waals surface area contributed by atoms with E-state index in [1.54, 1.807) is 18.2 Å². The summed E-state index contributed by atoms with van der Waals surface area (Å²) < 4.78 is 341. The molecule has 3 nitrogen and oxygen atoms in total. The smallest absolute Gasteiger partial charge is 0.258 e. The van der Waals surface area contributed by atoms with Crippen molar-refractivity contribution in [1.82, 2.24) is 0 Å². The number of alkyl halides is 24. The van der Waals surface area contributed by atoms with Gasteiger partial charge in [0, 0.05) is 12.1 Å². The van der Waals surface area contributed by atoms with Gasteiger partial charge in [-0.2, -0.15) is 127 Å². The predicted molar refractivity (Wildman–Crippen MR) is 272 cm³/mol. The molecule has 0 spiro atoms. The maximum absolute atomic E-state index is 14.2. The van der Waals surface area contributed by atoms with Gasteiger partial charge in [0.05, 0.1) is 55.6 Å². The first kappa shape index (κ1) is 65.5. The average Bonchev–Trinajstić information content (AvgIpc) is 0.723. The van der Waals surface area contributed by atoms with Gasteiger partial charge < -0.3 is 0 Å². The zero-order valence-corrected chi connectivity index (χ0v) is 43.4. The molecule has 0 saturated heterocycles. The number of non-ortho nitro benzene ring substituents is 1. The van der Waals surface area contributed by atoms with Gasteiger partial charge in [-0.05, 0) is 66.2 Å². The second kappa shape index (κ2) is 23.3. The van der Waals surface area contributed by atoms with E-state index in [1.807, 2.05) is 24.3 Å². The van der Waals surface area contributed by atoms with E-state index in [1.165, 1.54) is 15.9 Å². The van der Waals surface area contributed by atoms with Gasteiger partial charge in [0.15, 0.2) is 0 Å². The number of nitro groups is 1. The minimum absolute atomic E-state index is 0.134. The molecule has 0 saturated carbocycles. The van der Waals surface area contributed by atoms with E-state index in [0.717, 1.165) is 11.7 Å². The molecule has 0 aromatic heterocycles. The summed E-state index contributed by atoms with van der Waals surface area (Å²) in [5, 5.41) is 15.1. The number of hydrogen-bond acceptors (Lipinski definition) is 2. The summed E-state index contributed by atoms with van der Waals surface area (Å²) in [5.74, 6) is 0. The van der Waals surface area contributed by atoms with E-state index in [-0.39, 0.29) is 10.6 Å². The highest BCUT2D eigenvalue weighted by Gasteiger charge is 2.49. The van der Waals surface area contributed by atoms with Crippen molar-refractivity contribution in [3.8, 4) is 0 Å². The molecule has 0 aliphatic rings. The molecule has 0 unspecified atom stereocenters. The van der Waals surface area contributed by atoms with Crippen LogP contribution in [0.2, 0.25) is 0 Å². The Bertz CT molecular complexity index is 3190. The molecule has 0 fully saturated rings. The van der Waals surface area contributed by atoms with Gasteiger partial charge >= 0.3 is 49.4 Å². The maximum Gasteiger partial charge on any atom is 0.416 e. The topological polar surface area (TPSA) is 43.1 Å². The molecule has 0 atom stereocenters. The minimum Gasteiger partial charge on any atom is -0.258 e. The normalized spacial score (nSPS) is 13.3. The SMILES string of the molecule is FC(F)(F)c1cc([B-](c2cc(C(F)(F)F)cc(C(F)(F)F)c2)(c2cc(C(F)(F)F)cc(C(F)(F)F)c2)c2cc(C(F)(F)F)cc(C(F)(F)F)c2)cc(C(F)(F)F)c1.O=[N+]([O-])c1cccc(C[P+](c2ccccc2)(c2ccccc2)c2ccccc2)c1. The highest BCUT2D eigenvalue weighted by atomic mass is 31.2. The van der Waals surface area contributed by atoms with Gasteiger partial charge in [-0.3, -0.25) is 10.1 Å². The number of nitrogens with zero attached hydrogens (tertiary/aromatic N) is 1. The van der Waals surface area contributed by atoms with E-state index in [4.69, 9.17) is 0 Å². The summed E-state index contributed by atoms with van der Waals surface area (Å²) in [4.78, 5) is 11.0. The van der Waals surface area contributed by atoms with Crippen LogP contribution in [0.25, 0.3) is 0 Å². The van der Waals surface area contributed by atoms with Crippen molar-refractivity contribution in [1.29, 1.82) is 0 Å². The maximum atomic E-state index is 14.2. The van der Waals surface area contributed by atoms with Gasteiger partial charge in [0.2, 0.25) is 0 Å². The molecule has 8 aromatic carbocycles. The summed E-state index contributed by atoms with van der Waals surface area (Å²) in [6.07, 6.45) is -54.1. The average molecular weight is 1260 g/mol. The highest BCUT2D eigenvalue weighted by molar-refractivity contribution is 7.95. The standard InChI is InChI=1S/C32H12BF24.C25H21NO2P/c34-25(35,36)13-1-14(26(37,38)39)6-21(5-13)33(22-7-15(27(40,41)42)2-16(8-22)28(43,44)45,23-9-17(29(46,47)48)3-18(10-23)30(49,50)51)24-11-19(31(52,53)54)4-20(12-24)32(55,56)57;27-26(28)22-12-10-11-21(19-22)20-29(23-13-4-1-5-14-23,24-15-6-2-7-16-24)25-17-8-3-9-18-25/h1-12H;1-19H,20H2/q-1;+1. The Morgan fingerprint density at radius 3 is 0.721 bits per heavy atom. The Labute approximate surface area is 469 Å². The molecule has 0 heterocycles. The van der Waals surface area contributed by atoms with Crippen LogP contribution in [-0.4, -0.2) is 11.1 Å². The largest absolute Gasteiger partial charge is 0.416 e. The molecule has 454 valence electrons. The van der Waals surface area contributed by atoms with Gasteiger partial charge in [-0.15, -0.1) is 0 Å². The van der Waals surface area contributed by atoms with Crippen molar-refractivity contribution >= 4 is 56.9 Å². The van der Waals surface area contributed by atoms with E-state index >= 15 is 0 Å². The van der Waals surface area contributed by atoms with Crippen molar-refractivity contribution < 1.29 is 110 Å². The summed E-state index contributed by atoms with van der Waals surface area (Å²) >= 11 is 0. The van der Waals surface area contributed by atoms with Crippen LogP contribution >= 0.6 is 7.26 Å². The number of nitro benzene ring substituents is 1. The molecule has 8 aromatic rings. The second-order valence-electron chi connectivity index (χ2n) is 19.1. The monoisotopic (exact) mass is 1260 g/mol. The van der Waals surface area contributed by atoms with Gasteiger partial charge in [0.25, 0.3) is 5.69 Å². The summed E-state index contributed by atoms with van der Waals surface area (Å²) in [5.41, 5.74) is -29.1. The van der Waals surface area contributed by atoms with Crippen LogP contribution in [-0.2, 0) is 55.6 Å². The first-order valence-electron chi connectivity index (χ1n) is 24.1. The quantitative estimate of drug-likeness (QED) is 0.0450. The zero-order valence-electron chi connectivity index (χ0n) is 42.5. The van der Waals surface area contributed by atoms with Crippen LogP contribution in [0, 0.1) is 10.1 Å². The number of halogens is 24. The lowest BCUT2D eigenvalue weighted by atomic mass is 9.12. The van der Waals surface area contributed by atoms with E-state index in [9.17, 15) is 115 Å². The van der Waals surface area contributed by atoms with Crippen LogP contribution in [0.4, 0.5) is 111 Å². The fraction of sp³-hybridized carbons (Fsp3) is 0.158. The number of hydrogen-bond donors (Lipinski definition) is 0. The third-order valence-electron chi connectivity index (χ3n) is 13.6. The van der Waals surface area contributed by atoms with E-state index in [0.29, 0.717) is 0 Å². The van der Waals surface area contributed by atoms with Crippen LogP contribution < -0.4 is 37.8 Å². The molecule has 0 radical (unpaired) electrons. The lowest BCUT2D eigenvalue weighted by Crippen LogP contribution is -2.75. The first-order valence-corrected chi connectivity index (χ1v) is 26.1. The fourth-order valence-electron chi connectivity index (χ4n) is 9.88. The third kappa shape index (κ3) is 14.3. The summed E-state index contributed by atoms with van der Waals surface area (Å²) in [6.45, 7) is 0. The Morgan fingerprint density at radius 2 is 0.523 bits per heavy atom. The van der Waals surface area contributed by atoms with E-state index < -0.39 is 202 Å². The van der Waals surface area contributed by atoms with Crippen LogP contribution in [0.1, 0.15) is 50.1 Å². The Hall–Kier alpha value is -8.03. The van der Waals surface area contributed by atoms with Crippen molar-refractivity contribution in [2.75, 3.05) is 0 Å². The van der Waals surface area contributed by atoms with Gasteiger partial charge in [-0.1, -0.05) is 115 Å².